The number of piperidine rings is 1. The van der Waals surface area contributed by atoms with Crippen molar-refractivity contribution >= 4 is 38.5 Å². The standard InChI is InChI=1S/C12H19BrN4O2S/c1-12(2,14-11(18)19)7-8-3-5-17(6-4-8)10-16-15-9(13)20-10/h8,14H,3-7H2,1-2H3,(H,18,19). The van der Waals surface area contributed by atoms with Crippen LogP contribution in [0.25, 0.3) is 0 Å². The largest absolute Gasteiger partial charge is 0.465 e. The van der Waals surface area contributed by atoms with Gasteiger partial charge in [0.15, 0.2) is 3.92 Å². The number of hydrogen-bond acceptors (Lipinski definition) is 5. The average molecular weight is 363 g/mol. The molecule has 0 atom stereocenters. The summed E-state index contributed by atoms with van der Waals surface area (Å²) in [5.41, 5.74) is -0.371. The fraction of sp³-hybridized carbons (Fsp3) is 0.750. The molecule has 0 saturated carbocycles. The van der Waals surface area contributed by atoms with Crippen LogP contribution in [-0.4, -0.2) is 40.0 Å². The lowest BCUT2D eigenvalue weighted by atomic mass is 9.84. The first-order chi connectivity index (χ1) is 9.35. The van der Waals surface area contributed by atoms with Gasteiger partial charge in [-0.05, 0) is 55.0 Å². The Morgan fingerprint density at radius 3 is 2.65 bits per heavy atom. The summed E-state index contributed by atoms with van der Waals surface area (Å²) >= 11 is 4.87. The van der Waals surface area contributed by atoms with Crippen molar-refractivity contribution < 1.29 is 9.90 Å². The second-order valence-corrected chi connectivity index (χ2v) is 8.02. The van der Waals surface area contributed by atoms with Crippen LogP contribution in [0.5, 0.6) is 0 Å². The molecule has 1 aromatic rings. The second kappa shape index (κ2) is 6.26. The van der Waals surface area contributed by atoms with Gasteiger partial charge in [-0.15, -0.1) is 10.2 Å². The van der Waals surface area contributed by atoms with E-state index in [1.165, 1.54) is 0 Å². The molecule has 0 aromatic carbocycles. The molecule has 2 heterocycles. The van der Waals surface area contributed by atoms with Crippen LogP contribution in [0.1, 0.15) is 33.1 Å². The van der Waals surface area contributed by atoms with E-state index in [1.807, 2.05) is 13.8 Å². The summed E-state index contributed by atoms with van der Waals surface area (Å²) in [6.07, 6.45) is 2.03. The first kappa shape index (κ1) is 15.5. The first-order valence-corrected chi connectivity index (χ1v) is 8.22. The van der Waals surface area contributed by atoms with E-state index in [9.17, 15) is 4.79 Å². The number of nitrogens with one attached hydrogen (secondary N) is 1. The number of anilines is 1. The number of halogens is 1. The molecule has 1 aliphatic heterocycles. The van der Waals surface area contributed by atoms with Gasteiger partial charge in [0.1, 0.15) is 0 Å². The third-order valence-electron chi connectivity index (χ3n) is 3.52. The molecule has 0 aliphatic carbocycles. The molecule has 1 aliphatic rings. The van der Waals surface area contributed by atoms with Crippen molar-refractivity contribution in [1.82, 2.24) is 15.5 Å². The average Bonchev–Trinajstić information content (AvgIpc) is 2.74. The Hall–Kier alpha value is -0.890. The van der Waals surface area contributed by atoms with Gasteiger partial charge in [0.05, 0.1) is 0 Å². The second-order valence-electron chi connectivity index (χ2n) is 5.79. The number of amides is 1. The molecule has 1 fully saturated rings. The number of rotatable bonds is 4. The molecule has 1 amide bonds. The quantitative estimate of drug-likeness (QED) is 0.860. The third kappa shape index (κ3) is 4.31. The Bertz CT molecular complexity index is 472. The van der Waals surface area contributed by atoms with E-state index < -0.39 is 6.09 Å². The molecule has 0 unspecified atom stereocenters. The molecular weight excluding hydrogens is 344 g/mol. The summed E-state index contributed by atoms with van der Waals surface area (Å²) in [5, 5.41) is 20.5. The lowest BCUT2D eigenvalue weighted by molar-refractivity contribution is 0.174. The van der Waals surface area contributed by atoms with Gasteiger partial charge in [0.2, 0.25) is 5.13 Å². The van der Waals surface area contributed by atoms with E-state index in [2.05, 4.69) is 36.3 Å². The fourth-order valence-electron chi connectivity index (χ4n) is 2.72. The summed E-state index contributed by atoms with van der Waals surface area (Å²) in [6, 6.07) is 0. The SMILES string of the molecule is CC(C)(CC1CCN(c2nnc(Br)s2)CC1)NC(=O)O. The maximum Gasteiger partial charge on any atom is 0.405 e. The lowest BCUT2D eigenvalue weighted by Crippen LogP contribution is -2.45. The van der Waals surface area contributed by atoms with E-state index in [0.29, 0.717) is 5.92 Å². The summed E-state index contributed by atoms with van der Waals surface area (Å²) in [5.74, 6) is 0.546. The maximum absolute atomic E-state index is 10.8. The van der Waals surface area contributed by atoms with Gasteiger partial charge >= 0.3 is 6.09 Å². The molecule has 1 saturated heterocycles. The molecule has 0 bridgehead atoms. The molecule has 0 spiro atoms. The fourth-order valence-corrected chi connectivity index (χ4v) is 3.86. The smallest absolute Gasteiger partial charge is 0.405 e. The van der Waals surface area contributed by atoms with Gasteiger partial charge in [-0.25, -0.2) is 4.79 Å². The Kier molecular flexibility index (Phi) is 4.85. The Balaban J connectivity index is 1.84. The Morgan fingerprint density at radius 1 is 1.50 bits per heavy atom. The van der Waals surface area contributed by atoms with Crippen LogP contribution in [0, 0.1) is 5.92 Å². The van der Waals surface area contributed by atoms with Crippen molar-refractivity contribution in [3.63, 3.8) is 0 Å². The highest BCUT2D eigenvalue weighted by Gasteiger charge is 2.28. The minimum atomic E-state index is -0.953. The van der Waals surface area contributed by atoms with E-state index in [0.717, 1.165) is 41.4 Å². The number of nitrogens with zero attached hydrogens (tertiary/aromatic N) is 3. The minimum Gasteiger partial charge on any atom is -0.465 e. The first-order valence-electron chi connectivity index (χ1n) is 6.61. The van der Waals surface area contributed by atoms with Crippen molar-refractivity contribution in [3.8, 4) is 0 Å². The summed E-state index contributed by atoms with van der Waals surface area (Å²) < 4.78 is 0.807. The predicted molar refractivity (Wildman–Crippen MR) is 82.4 cm³/mol. The molecular formula is C12H19BrN4O2S. The van der Waals surface area contributed by atoms with Crippen molar-refractivity contribution in [3.05, 3.63) is 3.92 Å². The lowest BCUT2D eigenvalue weighted by Gasteiger charge is -2.35. The molecule has 112 valence electrons. The van der Waals surface area contributed by atoms with Crippen molar-refractivity contribution in [2.45, 2.75) is 38.6 Å². The summed E-state index contributed by atoms with van der Waals surface area (Å²) in [7, 11) is 0. The number of carbonyl (C=O) groups is 1. The number of hydrogen-bond donors (Lipinski definition) is 2. The van der Waals surface area contributed by atoms with Crippen LogP contribution < -0.4 is 10.2 Å². The molecule has 20 heavy (non-hydrogen) atoms. The van der Waals surface area contributed by atoms with Crippen LogP contribution >= 0.6 is 27.3 Å². The van der Waals surface area contributed by atoms with E-state index in [4.69, 9.17) is 5.11 Å². The van der Waals surface area contributed by atoms with Crippen LogP contribution in [0.15, 0.2) is 3.92 Å². The molecule has 8 heteroatoms. The highest BCUT2D eigenvalue weighted by Crippen LogP contribution is 2.31. The predicted octanol–water partition coefficient (Wildman–Crippen LogP) is 2.95. The van der Waals surface area contributed by atoms with Crippen molar-refractivity contribution in [2.75, 3.05) is 18.0 Å². The molecule has 1 aromatic heterocycles. The van der Waals surface area contributed by atoms with Gasteiger partial charge in [-0.2, -0.15) is 0 Å². The van der Waals surface area contributed by atoms with Gasteiger partial charge in [-0.3, -0.25) is 0 Å². The normalized spacial score (nSPS) is 17.2. The number of carboxylic acid groups (broad SMARTS) is 1. The Labute approximate surface area is 130 Å². The summed E-state index contributed by atoms with van der Waals surface area (Å²) in [4.78, 5) is 13.0. The van der Waals surface area contributed by atoms with Crippen LogP contribution in [0.2, 0.25) is 0 Å². The van der Waals surface area contributed by atoms with Crippen LogP contribution in [-0.2, 0) is 0 Å². The van der Waals surface area contributed by atoms with Crippen molar-refractivity contribution in [2.24, 2.45) is 5.92 Å². The molecule has 0 radical (unpaired) electrons. The topological polar surface area (TPSA) is 78.4 Å². The van der Waals surface area contributed by atoms with Gasteiger partial charge in [-0.1, -0.05) is 11.3 Å². The number of aromatic nitrogens is 2. The monoisotopic (exact) mass is 362 g/mol. The highest BCUT2D eigenvalue weighted by atomic mass is 79.9. The van der Waals surface area contributed by atoms with Gasteiger partial charge < -0.3 is 15.3 Å². The van der Waals surface area contributed by atoms with E-state index >= 15 is 0 Å². The highest BCUT2D eigenvalue weighted by molar-refractivity contribution is 9.11. The zero-order valence-electron chi connectivity index (χ0n) is 11.6. The molecule has 2 rings (SSSR count). The Morgan fingerprint density at radius 2 is 2.15 bits per heavy atom. The van der Waals surface area contributed by atoms with E-state index in [1.54, 1.807) is 11.3 Å². The molecule has 6 nitrogen and oxygen atoms in total. The minimum absolute atomic E-state index is 0.371. The zero-order valence-corrected chi connectivity index (χ0v) is 14.0. The maximum atomic E-state index is 10.8. The zero-order chi connectivity index (χ0) is 14.8. The van der Waals surface area contributed by atoms with Crippen LogP contribution in [0.4, 0.5) is 9.93 Å². The van der Waals surface area contributed by atoms with Crippen molar-refractivity contribution in [1.29, 1.82) is 0 Å². The van der Waals surface area contributed by atoms with Gasteiger partial charge in [0.25, 0.3) is 0 Å². The molecule has 2 N–H and O–H groups in total. The third-order valence-corrected chi connectivity index (χ3v) is 4.94. The van der Waals surface area contributed by atoms with Gasteiger partial charge in [0, 0.05) is 18.6 Å². The van der Waals surface area contributed by atoms with Crippen LogP contribution in [0.3, 0.4) is 0 Å². The summed E-state index contributed by atoms with van der Waals surface area (Å²) in [6.45, 7) is 5.79. The van der Waals surface area contributed by atoms with E-state index in [-0.39, 0.29) is 5.54 Å².